The minimum atomic E-state index is 0.329. The van der Waals surface area contributed by atoms with Gasteiger partial charge in [-0.2, -0.15) is 0 Å². The van der Waals surface area contributed by atoms with Crippen molar-refractivity contribution in [1.82, 2.24) is 15.0 Å². The first kappa shape index (κ1) is 14.8. The summed E-state index contributed by atoms with van der Waals surface area (Å²) in [5, 5.41) is 7.58. The molecule has 0 aliphatic heterocycles. The number of nitrogens with one attached hydrogen (secondary N) is 1. The number of rotatable bonds is 8. The molecule has 0 radical (unpaired) electrons. The van der Waals surface area contributed by atoms with Crippen LogP contribution in [0.1, 0.15) is 43.5 Å². The minimum absolute atomic E-state index is 0.329. The molecule has 1 unspecified atom stereocenters. The standard InChI is InChI=1S/C15H23N3O2/c1-4-7-16-12(2)15-6-5-8-18(15)10-13-9-14(11-19-3)20-17-13/h5-6,8-9,12,16H,4,7,10-11H2,1-3H3. The molecule has 1 atom stereocenters. The van der Waals surface area contributed by atoms with Crippen molar-refractivity contribution in [3.05, 3.63) is 41.5 Å². The highest BCUT2D eigenvalue weighted by molar-refractivity contribution is 5.14. The Labute approximate surface area is 119 Å². The Bertz CT molecular complexity index is 519. The van der Waals surface area contributed by atoms with E-state index in [0.717, 1.165) is 24.4 Å². The number of aromatic nitrogens is 2. The summed E-state index contributed by atoms with van der Waals surface area (Å²) in [4.78, 5) is 0. The second-order valence-corrected chi connectivity index (χ2v) is 4.95. The molecule has 2 rings (SSSR count). The van der Waals surface area contributed by atoms with Crippen LogP contribution in [-0.4, -0.2) is 23.4 Å². The van der Waals surface area contributed by atoms with Gasteiger partial charge in [0.05, 0.1) is 6.54 Å². The molecule has 0 aliphatic rings. The van der Waals surface area contributed by atoms with E-state index >= 15 is 0 Å². The summed E-state index contributed by atoms with van der Waals surface area (Å²) in [6.07, 6.45) is 3.21. The number of hydrogen-bond acceptors (Lipinski definition) is 4. The molecule has 0 aromatic carbocycles. The molecule has 5 nitrogen and oxygen atoms in total. The van der Waals surface area contributed by atoms with E-state index < -0.39 is 0 Å². The van der Waals surface area contributed by atoms with Crippen molar-refractivity contribution in [2.45, 2.75) is 39.5 Å². The van der Waals surface area contributed by atoms with Crippen molar-refractivity contribution in [2.24, 2.45) is 0 Å². The lowest BCUT2D eigenvalue weighted by Gasteiger charge is -2.16. The summed E-state index contributed by atoms with van der Waals surface area (Å²) in [7, 11) is 1.65. The molecule has 0 amide bonds. The van der Waals surface area contributed by atoms with Gasteiger partial charge in [0.15, 0.2) is 5.76 Å². The van der Waals surface area contributed by atoms with Crippen molar-refractivity contribution in [3.63, 3.8) is 0 Å². The Morgan fingerprint density at radius 2 is 2.35 bits per heavy atom. The molecule has 2 aromatic rings. The second kappa shape index (κ2) is 7.26. The number of methoxy groups -OCH3 is 1. The third-order valence-corrected chi connectivity index (χ3v) is 3.24. The molecule has 0 saturated heterocycles. The molecule has 1 N–H and O–H groups in total. The van der Waals surface area contributed by atoms with Crippen LogP contribution in [0, 0.1) is 0 Å². The van der Waals surface area contributed by atoms with Crippen LogP contribution in [0.2, 0.25) is 0 Å². The lowest BCUT2D eigenvalue weighted by Crippen LogP contribution is -2.22. The van der Waals surface area contributed by atoms with Gasteiger partial charge in [0, 0.05) is 31.1 Å². The molecule has 2 aromatic heterocycles. The van der Waals surface area contributed by atoms with Gasteiger partial charge in [0.25, 0.3) is 0 Å². The van der Waals surface area contributed by atoms with Gasteiger partial charge < -0.3 is 19.1 Å². The van der Waals surface area contributed by atoms with Crippen LogP contribution in [0.5, 0.6) is 0 Å². The maximum atomic E-state index is 5.22. The van der Waals surface area contributed by atoms with Crippen LogP contribution in [0.25, 0.3) is 0 Å². The van der Waals surface area contributed by atoms with Crippen LogP contribution in [0.3, 0.4) is 0 Å². The van der Waals surface area contributed by atoms with Gasteiger partial charge in [-0.3, -0.25) is 0 Å². The molecule has 0 fully saturated rings. The van der Waals surface area contributed by atoms with Crippen molar-refractivity contribution >= 4 is 0 Å². The van der Waals surface area contributed by atoms with E-state index in [1.54, 1.807) is 7.11 Å². The molecule has 2 heterocycles. The molecule has 0 spiro atoms. The minimum Gasteiger partial charge on any atom is -0.377 e. The second-order valence-electron chi connectivity index (χ2n) is 4.95. The maximum absolute atomic E-state index is 5.22. The van der Waals surface area contributed by atoms with Gasteiger partial charge in [-0.1, -0.05) is 12.1 Å². The smallest absolute Gasteiger partial charge is 0.162 e. The fourth-order valence-electron chi connectivity index (χ4n) is 2.24. The van der Waals surface area contributed by atoms with Gasteiger partial charge in [0.1, 0.15) is 12.3 Å². The molecule has 0 bridgehead atoms. The Kier molecular flexibility index (Phi) is 5.38. The Morgan fingerprint density at radius 3 is 3.10 bits per heavy atom. The Balaban J connectivity index is 2.03. The summed E-state index contributed by atoms with van der Waals surface area (Å²) in [6, 6.07) is 6.48. The first-order valence-corrected chi connectivity index (χ1v) is 7.06. The SMILES string of the molecule is CCCNC(C)c1cccn1Cc1cc(COC)on1. The van der Waals surface area contributed by atoms with Gasteiger partial charge in [-0.05, 0) is 32.0 Å². The molecule has 0 aliphatic carbocycles. The average Bonchev–Trinajstić information content (AvgIpc) is 3.07. The summed E-state index contributed by atoms with van der Waals surface area (Å²) < 4.78 is 12.4. The van der Waals surface area contributed by atoms with Gasteiger partial charge >= 0.3 is 0 Å². The van der Waals surface area contributed by atoms with Crippen molar-refractivity contribution in [2.75, 3.05) is 13.7 Å². The maximum Gasteiger partial charge on any atom is 0.162 e. The van der Waals surface area contributed by atoms with Crippen molar-refractivity contribution in [3.8, 4) is 0 Å². The number of nitrogens with zero attached hydrogens (tertiary/aromatic N) is 2. The summed E-state index contributed by atoms with van der Waals surface area (Å²) >= 11 is 0. The fourth-order valence-corrected chi connectivity index (χ4v) is 2.24. The van der Waals surface area contributed by atoms with E-state index in [-0.39, 0.29) is 0 Å². The van der Waals surface area contributed by atoms with Gasteiger partial charge in [0.2, 0.25) is 0 Å². The summed E-state index contributed by atoms with van der Waals surface area (Å²) in [6.45, 7) is 6.55. The highest BCUT2D eigenvalue weighted by atomic mass is 16.5. The molecule has 5 heteroatoms. The van der Waals surface area contributed by atoms with E-state index in [1.165, 1.54) is 5.69 Å². The first-order valence-electron chi connectivity index (χ1n) is 7.06. The van der Waals surface area contributed by atoms with Crippen LogP contribution in [0.15, 0.2) is 28.9 Å². The summed E-state index contributed by atoms with van der Waals surface area (Å²) in [5.41, 5.74) is 2.17. The lowest BCUT2D eigenvalue weighted by molar-refractivity contribution is 0.155. The normalized spacial score (nSPS) is 12.8. The van der Waals surface area contributed by atoms with E-state index in [0.29, 0.717) is 19.2 Å². The van der Waals surface area contributed by atoms with Gasteiger partial charge in [-0.15, -0.1) is 0 Å². The largest absolute Gasteiger partial charge is 0.377 e. The predicted molar refractivity (Wildman–Crippen MR) is 77.5 cm³/mol. The number of hydrogen-bond donors (Lipinski definition) is 1. The molecule has 20 heavy (non-hydrogen) atoms. The van der Waals surface area contributed by atoms with Crippen LogP contribution >= 0.6 is 0 Å². The van der Waals surface area contributed by atoms with E-state index in [1.807, 2.05) is 6.07 Å². The molecular formula is C15H23N3O2. The number of ether oxygens (including phenoxy) is 1. The molecular weight excluding hydrogens is 254 g/mol. The highest BCUT2D eigenvalue weighted by Crippen LogP contribution is 2.15. The Hall–Kier alpha value is -1.59. The zero-order valence-corrected chi connectivity index (χ0v) is 12.4. The Morgan fingerprint density at radius 1 is 1.50 bits per heavy atom. The van der Waals surface area contributed by atoms with Crippen molar-refractivity contribution in [1.29, 1.82) is 0 Å². The predicted octanol–water partition coefficient (Wildman–Crippen LogP) is 2.73. The van der Waals surface area contributed by atoms with Crippen molar-refractivity contribution < 1.29 is 9.26 Å². The van der Waals surface area contributed by atoms with E-state index in [4.69, 9.17) is 9.26 Å². The topological polar surface area (TPSA) is 52.2 Å². The third-order valence-electron chi connectivity index (χ3n) is 3.24. The van der Waals surface area contributed by atoms with Crippen LogP contribution in [0.4, 0.5) is 0 Å². The van der Waals surface area contributed by atoms with Gasteiger partial charge in [-0.25, -0.2) is 0 Å². The lowest BCUT2D eigenvalue weighted by atomic mass is 10.2. The molecule has 110 valence electrons. The third kappa shape index (κ3) is 3.71. The van der Waals surface area contributed by atoms with Crippen LogP contribution in [-0.2, 0) is 17.9 Å². The van der Waals surface area contributed by atoms with E-state index in [9.17, 15) is 0 Å². The average molecular weight is 277 g/mol. The van der Waals surface area contributed by atoms with E-state index in [2.05, 4.69) is 47.2 Å². The summed E-state index contributed by atoms with van der Waals surface area (Å²) in [5.74, 6) is 0.758. The zero-order valence-electron chi connectivity index (χ0n) is 12.4. The molecule has 0 saturated carbocycles. The zero-order chi connectivity index (χ0) is 14.4. The van der Waals surface area contributed by atoms with Crippen LogP contribution < -0.4 is 5.32 Å². The monoisotopic (exact) mass is 277 g/mol. The quantitative estimate of drug-likeness (QED) is 0.806. The highest BCUT2D eigenvalue weighted by Gasteiger charge is 2.11. The first-order chi connectivity index (χ1) is 9.74. The fraction of sp³-hybridized carbons (Fsp3) is 0.533.